The Hall–Kier alpha value is -2.90. The fourth-order valence-electron chi connectivity index (χ4n) is 2.87. The third-order valence-electron chi connectivity index (χ3n) is 4.44. The zero-order valence-corrected chi connectivity index (χ0v) is 17.3. The summed E-state index contributed by atoms with van der Waals surface area (Å²) >= 11 is 6.38. The Labute approximate surface area is 173 Å². The Balaban J connectivity index is 2.20. The molecule has 3 aromatic rings. The molecule has 2 aromatic heterocycles. The smallest absolute Gasteiger partial charge is 0.295 e. The maximum absolute atomic E-state index is 13.2. The SMILES string of the molecule is CC(C)=CCn1c(-c2ccccc2Cl)cn2cc(C(=O)NC(C)CO)nc2c1=O. The van der Waals surface area contributed by atoms with Crippen LogP contribution in [0.15, 0.2) is 53.1 Å². The van der Waals surface area contributed by atoms with Gasteiger partial charge in [-0.25, -0.2) is 4.98 Å². The van der Waals surface area contributed by atoms with Crippen molar-refractivity contribution in [3.8, 4) is 11.3 Å². The lowest BCUT2D eigenvalue weighted by Crippen LogP contribution is -2.35. The van der Waals surface area contributed by atoms with Gasteiger partial charge in [-0.2, -0.15) is 0 Å². The second kappa shape index (κ2) is 8.63. The molecular weight excluding hydrogens is 392 g/mol. The van der Waals surface area contributed by atoms with Gasteiger partial charge in [0, 0.05) is 35.6 Å². The lowest BCUT2D eigenvalue weighted by atomic mass is 10.1. The number of nitrogens with one attached hydrogen (secondary N) is 1. The second-order valence-electron chi connectivity index (χ2n) is 7.11. The van der Waals surface area contributed by atoms with Crippen molar-refractivity contribution in [2.45, 2.75) is 33.4 Å². The van der Waals surface area contributed by atoms with Crippen LogP contribution in [0.25, 0.3) is 16.9 Å². The van der Waals surface area contributed by atoms with Gasteiger partial charge in [0.1, 0.15) is 5.69 Å². The standard InChI is InChI=1S/C21H23ClN4O3/c1-13(2)8-9-26-18(15-6-4-5-7-16(15)22)11-25-10-17(24-19(25)21(26)29)20(28)23-14(3)12-27/h4-8,10-11,14,27H,9,12H2,1-3H3,(H,23,28). The van der Waals surface area contributed by atoms with Crippen LogP contribution in [0.3, 0.4) is 0 Å². The van der Waals surface area contributed by atoms with Crippen molar-refractivity contribution in [2.24, 2.45) is 0 Å². The van der Waals surface area contributed by atoms with Crippen LogP contribution in [0.5, 0.6) is 0 Å². The van der Waals surface area contributed by atoms with Crippen LogP contribution in [0.4, 0.5) is 0 Å². The van der Waals surface area contributed by atoms with E-state index < -0.39 is 11.9 Å². The molecule has 1 amide bonds. The van der Waals surface area contributed by atoms with Crippen LogP contribution in [-0.2, 0) is 6.54 Å². The molecule has 152 valence electrons. The first-order chi connectivity index (χ1) is 13.8. The first-order valence-corrected chi connectivity index (χ1v) is 9.62. The lowest BCUT2D eigenvalue weighted by molar-refractivity contribution is 0.0918. The van der Waals surface area contributed by atoms with Gasteiger partial charge in [-0.1, -0.05) is 41.4 Å². The fraction of sp³-hybridized carbons (Fsp3) is 0.286. The molecule has 1 atom stereocenters. The molecule has 0 fully saturated rings. The van der Waals surface area contributed by atoms with E-state index in [1.807, 2.05) is 38.1 Å². The predicted molar refractivity (Wildman–Crippen MR) is 113 cm³/mol. The summed E-state index contributed by atoms with van der Waals surface area (Å²) in [6.07, 6.45) is 5.19. The van der Waals surface area contributed by atoms with E-state index in [4.69, 9.17) is 16.7 Å². The number of carbonyl (C=O) groups is 1. The summed E-state index contributed by atoms with van der Waals surface area (Å²) in [7, 11) is 0. The minimum absolute atomic E-state index is 0.104. The molecule has 0 radical (unpaired) electrons. The number of benzene rings is 1. The van der Waals surface area contributed by atoms with Gasteiger partial charge < -0.3 is 10.4 Å². The average molecular weight is 415 g/mol. The molecule has 0 aliphatic carbocycles. The number of carbonyl (C=O) groups excluding carboxylic acids is 1. The van der Waals surface area contributed by atoms with Gasteiger partial charge in [0.2, 0.25) is 5.65 Å². The molecule has 1 aromatic carbocycles. The fourth-order valence-corrected chi connectivity index (χ4v) is 3.11. The van der Waals surface area contributed by atoms with Crippen molar-refractivity contribution in [3.63, 3.8) is 0 Å². The minimum atomic E-state index is -0.454. The highest BCUT2D eigenvalue weighted by atomic mass is 35.5. The molecule has 7 nitrogen and oxygen atoms in total. The van der Waals surface area contributed by atoms with Crippen molar-refractivity contribution < 1.29 is 9.90 Å². The Bertz CT molecular complexity index is 1140. The highest BCUT2D eigenvalue weighted by molar-refractivity contribution is 6.33. The molecule has 1 unspecified atom stereocenters. The summed E-state index contributed by atoms with van der Waals surface area (Å²) in [4.78, 5) is 29.8. The molecule has 0 bridgehead atoms. The number of fused-ring (bicyclic) bond motifs is 1. The topological polar surface area (TPSA) is 88.6 Å². The summed E-state index contributed by atoms with van der Waals surface area (Å²) in [5.41, 5.74) is 2.33. The molecule has 0 aliphatic heterocycles. The van der Waals surface area contributed by atoms with E-state index in [0.717, 1.165) is 5.57 Å². The van der Waals surface area contributed by atoms with Crippen molar-refractivity contribution in [1.29, 1.82) is 0 Å². The van der Waals surface area contributed by atoms with E-state index in [-0.39, 0.29) is 23.5 Å². The van der Waals surface area contributed by atoms with Crippen LogP contribution >= 0.6 is 11.6 Å². The quantitative estimate of drug-likeness (QED) is 0.607. The number of aliphatic hydroxyl groups excluding tert-OH is 1. The highest BCUT2D eigenvalue weighted by Crippen LogP contribution is 2.27. The van der Waals surface area contributed by atoms with E-state index >= 15 is 0 Å². The summed E-state index contributed by atoms with van der Waals surface area (Å²) < 4.78 is 3.13. The number of rotatable bonds is 6. The first-order valence-electron chi connectivity index (χ1n) is 9.24. The van der Waals surface area contributed by atoms with Gasteiger partial charge in [-0.3, -0.25) is 18.6 Å². The van der Waals surface area contributed by atoms with Crippen molar-refractivity contribution in [2.75, 3.05) is 6.61 Å². The summed E-state index contributed by atoms with van der Waals surface area (Å²) in [6, 6.07) is 6.87. The van der Waals surface area contributed by atoms with Gasteiger partial charge in [0.15, 0.2) is 0 Å². The Morgan fingerprint density at radius 2 is 2.03 bits per heavy atom. The van der Waals surface area contributed by atoms with E-state index in [0.29, 0.717) is 22.8 Å². The maximum atomic E-state index is 13.2. The third kappa shape index (κ3) is 4.41. The molecular formula is C21H23ClN4O3. The van der Waals surface area contributed by atoms with Gasteiger partial charge in [0.05, 0.1) is 12.3 Å². The number of allylic oxidation sites excluding steroid dienone is 2. The molecule has 0 saturated heterocycles. The van der Waals surface area contributed by atoms with Crippen molar-refractivity contribution in [3.05, 3.63) is 69.4 Å². The molecule has 29 heavy (non-hydrogen) atoms. The Kier molecular flexibility index (Phi) is 6.20. The zero-order chi connectivity index (χ0) is 21.1. The normalized spacial score (nSPS) is 12.0. The lowest BCUT2D eigenvalue weighted by Gasteiger charge is -2.13. The van der Waals surface area contributed by atoms with Gasteiger partial charge in [-0.05, 0) is 26.8 Å². The highest BCUT2D eigenvalue weighted by Gasteiger charge is 2.18. The Morgan fingerprint density at radius 1 is 1.31 bits per heavy atom. The van der Waals surface area contributed by atoms with Crippen molar-refractivity contribution >= 4 is 23.2 Å². The number of hydrogen-bond donors (Lipinski definition) is 2. The second-order valence-corrected chi connectivity index (χ2v) is 7.51. The van der Waals surface area contributed by atoms with E-state index in [1.165, 1.54) is 6.20 Å². The van der Waals surface area contributed by atoms with E-state index in [9.17, 15) is 9.59 Å². The third-order valence-corrected chi connectivity index (χ3v) is 4.77. The number of nitrogens with zero attached hydrogens (tertiary/aromatic N) is 3. The zero-order valence-electron chi connectivity index (χ0n) is 16.5. The molecule has 2 heterocycles. The van der Waals surface area contributed by atoms with Gasteiger partial charge in [-0.15, -0.1) is 0 Å². The largest absolute Gasteiger partial charge is 0.394 e. The van der Waals surface area contributed by atoms with Gasteiger partial charge in [0.25, 0.3) is 11.5 Å². The summed E-state index contributed by atoms with van der Waals surface area (Å²) in [6.45, 7) is 5.76. The molecule has 0 saturated carbocycles. The predicted octanol–water partition coefficient (Wildman–Crippen LogP) is 2.89. The van der Waals surface area contributed by atoms with Crippen LogP contribution < -0.4 is 10.9 Å². The van der Waals surface area contributed by atoms with Crippen molar-refractivity contribution in [1.82, 2.24) is 19.3 Å². The monoisotopic (exact) mass is 414 g/mol. The summed E-state index contributed by atoms with van der Waals surface area (Å²) in [5, 5.41) is 12.3. The van der Waals surface area contributed by atoms with Crippen LogP contribution in [0, 0.1) is 0 Å². The van der Waals surface area contributed by atoms with Gasteiger partial charge >= 0.3 is 0 Å². The number of imidazole rings is 1. The maximum Gasteiger partial charge on any atom is 0.295 e. The number of aromatic nitrogens is 3. The molecule has 0 spiro atoms. The summed E-state index contributed by atoms with van der Waals surface area (Å²) in [5.74, 6) is -0.454. The molecule has 2 N–H and O–H groups in total. The molecule has 8 heteroatoms. The first kappa shape index (κ1) is 20.8. The Morgan fingerprint density at radius 3 is 2.69 bits per heavy atom. The van der Waals surface area contributed by atoms with Crippen LogP contribution in [0.2, 0.25) is 5.02 Å². The van der Waals surface area contributed by atoms with Crippen LogP contribution in [0.1, 0.15) is 31.3 Å². The minimum Gasteiger partial charge on any atom is -0.394 e. The number of hydrogen-bond acceptors (Lipinski definition) is 4. The van der Waals surface area contributed by atoms with E-state index in [2.05, 4.69) is 10.3 Å². The number of aliphatic hydroxyl groups is 1. The van der Waals surface area contributed by atoms with E-state index in [1.54, 1.807) is 28.2 Å². The average Bonchev–Trinajstić information content (AvgIpc) is 3.12. The number of amides is 1. The molecule has 3 rings (SSSR count). The molecule has 0 aliphatic rings. The number of halogens is 1. The van der Waals surface area contributed by atoms with Crippen LogP contribution in [-0.4, -0.2) is 37.6 Å².